The van der Waals surface area contributed by atoms with Crippen molar-refractivity contribution in [1.29, 1.82) is 0 Å². The lowest BCUT2D eigenvalue weighted by Gasteiger charge is -2.05. The lowest BCUT2D eigenvalue weighted by molar-refractivity contribution is 0.537. The first-order valence-electron chi connectivity index (χ1n) is 6.73. The Hall–Kier alpha value is -1.48. The number of rotatable bonds is 7. The molecule has 0 aliphatic carbocycles. The molecule has 2 rings (SSSR count). The van der Waals surface area contributed by atoms with Crippen LogP contribution in [-0.4, -0.2) is 33.9 Å². The van der Waals surface area contributed by atoms with Crippen molar-refractivity contribution in [2.45, 2.75) is 44.8 Å². The normalized spacial score (nSPS) is 11.9. The van der Waals surface area contributed by atoms with Crippen molar-refractivity contribution in [1.82, 2.24) is 19.7 Å². The van der Waals surface area contributed by atoms with Crippen LogP contribution in [0.3, 0.4) is 0 Å². The summed E-state index contributed by atoms with van der Waals surface area (Å²) in [6.45, 7) is 4.21. The van der Waals surface area contributed by atoms with Gasteiger partial charge in [0, 0.05) is 18.3 Å². The van der Waals surface area contributed by atoms with Gasteiger partial charge in [0.2, 0.25) is 15.0 Å². The highest BCUT2D eigenvalue weighted by Gasteiger charge is 2.23. The van der Waals surface area contributed by atoms with Crippen LogP contribution in [0.2, 0.25) is 0 Å². The number of sulfone groups is 1. The van der Waals surface area contributed by atoms with Gasteiger partial charge in [-0.1, -0.05) is 13.3 Å². The van der Waals surface area contributed by atoms with Crippen molar-refractivity contribution in [2.24, 2.45) is 0 Å². The summed E-state index contributed by atoms with van der Waals surface area (Å²) in [4.78, 5) is 15.9. The SMILES string of the molecule is CCCCn1c(S(=O)(=O)CCc2csc(C)n2)n[nH]c1=O. The number of hydrogen-bond donors (Lipinski definition) is 1. The molecule has 21 heavy (non-hydrogen) atoms. The predicted octanol–water partition coefficient (Wildman–Crippen LogP) is 1.15. The summed E-state index contributed by atoms with van der Waals surface area (Å²) in [5, 5.41) is 8.47. The molecular formula is C12H18N4O3S2. The van der Waals surface area contributed by atoms with Gasteiger partial charge in [-0.15, -0.1) is 16.4 Å². The van der Waals surface area contributed by atoms with Gasteiger partial charge in [0.15, 0.2) is 0 Å². The van der Waals surface area contributed by atoms with Gasteiger partial charge in [0.25, 0.3) is 0 Å². The maximum absolute atomic E-state index is 12.3. The van der Waals surface area contributed by atoms with Crippen molar-refractivity contribution < 1.29 is 8.42 Å². The maximum atomic E-state index is 12.3. The standard InChI is InChI=1S/C12H18N4O3S2/c1-3-4-6-16-11(17)14-15-12(16)21(18,19)7-5-10-8-20-9(2)13-10/h8H,3-7H2,1-2H3,(H,14,17). The van der Waals surface area contributed by atoms with E-state index in [0.29, 0.717) is 13.0 Å². The Morgan fingerprint density at radius 2 is 2.19 bits per heavy atom. The Morgan fingerprint density at radius 3 is 2.81 bits per heavy atom. The molecule has 9 heteroatoms. The number of thiazole rings is 1. The van der Waals surface area contributed by atoms with Crippen molar-refractivity contribution in [3.8, 4) is 0 Å². The number of unbranched alkanes of at least 4 members (excludes halogenated alkanes) is 1. The minimum absolute atomic E-state index is 0.105. The second-order valence-corrected chi connectivity index (χ2v) is 7.81. The summed E-state index contributed by atoms with van der Waals surface area (Å²) >= 11 is 1.49. The summed E-state index contributed by atoms with van der Waals surface area (Å²) in [6.07, 6.45) is 1.92. The molecule has 2 aromatic rings. The van der Waals surface area contributed by atoms with Crippen LogP contribution in [0.15, 0.2) is 15.3 Å². The smallest absolute Gasteiger partial charge is 0.266 e. The summed E-state index contributed by atoms with van der Waals surface area (Å²) in [7, 11) is -3.60. The third kappa shape index (κ3) is 3.79. The van der Waals surface area contributed by atoms with Gasteiger partial charge in [-0.3, -0.25) is 4.57 Å². The molecule has 0 unspecified atom stereocenters. The first-order valence-corrected chi connectivity index (χ1v) is 9.26. The van der Waals surface area contributed by atoms with Gasteiger partial charge >= 0.3 is 5.69 Å². The lowest BCUT2D eigenvalue weighted by Crippen LogP contribution is -2.22. The molecule has 0 aliphatic heterocycles. The monoisotopic (exact) mass is 330 g/mol. The van der Waals surface area contributed by atoms with Crippen LogP contribution < -0.4 is 5.69 Å². The van der Waals surface area contributed by atoms with E-state index < -0.39 is 15.5 Å². The minimum Gasteiger partial charge on any atom is -0.266 e. The molecule has 2 aromatic heterocycles. The number of hydrogen-bond acceptors (Lipinski definition) is 6. The highest BCUT2D eigenvalue weighted by Crippen LogP contribution is 2.12. The first-order chi connectivity index (χ1) is 9.94. The molecule has 0 bridgehead atoms. The molecule has 116 valence electrons. The van der Waals surface area contributed by atoms with Crippen molar-refractivity contribution in [3.05, 3.63) is 26.6 Å². The van der Waals surface area contributed by atoms with E-state index in [1.165, 1.54) is 15.9 Å². The quantitative estimate of drug-likeness (QED) is 0.821. The van der Waals surface area contributed by atoms with E-state index in [-0.39, 0.29) is 10.9 Å². The Morgan fingerprint density at radius 1 is 1.43 bits per heavy atom. The molecule has 0 amide bonds. The topological polar surface area (TPSA) is 97.7 Å². The molecular weight excluding hydrogens is 312 g/mol. The summed E-state index contributed by atoms with van der Waals surface area (Å²) in [5.41, 5.74) is 0.269. The number of H-pyrrole nitrogens is 1. The van der Waals surface area contributed by atoms with Crippen molar-refractivity contribution in [3.63, 3.8) is 0 Å². The predicted molar refractivity (Wildman–Crippen MR) is 80.4 cm³/mol. The van der Waals surface area contributed by atoms with Crippen LogP contribution in [0.4, 0.5) is 0 Å². The third-order valence-electron chi connectivity index (χ3n) is 3.03. The maximum Gasteiger partial charge on any atom is 0.344 e. The lowest BCUT2D eigenvalue weighted by atomic mass is 10.3. The summed E-state index contributed by atoms with van der Waals surface area (Å²) in [6, 6.07) is 0. The van der Waals surface area contributed by atoms with Crippen LogP contribution >= 0.6 is 11.3 Å². The van der Waals surface area contributed by atoms with Gasteiger partial charge in [-0.2, -0.15) is 0 Å². The average molecular weight is 330 g/mol. The van der Waals surface area contributed by atoms with E-state index in [0.717, 1.165) is 23.5 Å². The molecule has 0 radical (unpaired) electrons. The van der Waals surface area contributed by atoms with Gasteiger partial charge in [0.05, 0.1) is 16.5 Å². The number of nitrogens with zero attached hydrogens (tertiary/aromatic N) is 3. The Labute approximate surface area is 127 Å². The Balaban J connectivity index is 2.17. The van der Waals surface area contributed by atoms with E-state index >= 15 is 0 Å². The Bertz CT molecular complexity index is 758. The highest BCUT2D eigenvalue weighted by molar-refractivity contribution is 7.91. The molecule has 0 fully saturated rings. The molecule has 0 spiro atoms. The number of aromatic nitrogens is 4. The van der Waals surface area contributed by atoms with Crippen LogP contribution in [0.25, 0.3) is 0 Å². The average Bonchev–Trinajstić information content (AvgIpc) is 3.01. The van der Waals surface area contributed by atoms with E-state index in [1.54, 1.807) is 0 Å². The zero-order valence-corrected chi connectivity index (χ0v) is 13.6. The molecule has 0 saturated carbocycles. The fraction of sp³-hybridized carbons (Fsp3) is 0.583. The second-order valence-electron chi connectivity index (χ2n) is 4.74. The van der Waals surface area contributed by atoms with Crippen LogP contribution in [0.1, 0.15) is 30.5 Å². The molecule has 2 heterocycles. The second kappa shape index (κ2) is 6.52. The van der Waals surface area contributed by atoms with E-state index in [9.17, 15) is 13.2 Å². The third-order valence-corrected chi connectivity index (χ3v) is 5.46. The zero-order chi connectivity index (χ0) is 15.5. The number of nitrogens with one attached hydrogen (secondary N) is 1. The molecule has 0 aromatic carbocycles. The molecule has 0 atom stereocenters. The van der Waals surface area contributed by atoms with E-state index in [4.69, 9.17) is 0 Å². The van der Waals surface area contributed by atoms with Gasteiger partial charge < -0.3 is 0 Å². The largest absolute Gasteiger partial charge is 0.344 e. The number of aryl methyl sites for hydroxylation is 2. The van der Waals surface area contributed by atoms with Gasteiger partial charge in [0.1, 0.15) is 0 Å². The molecule has 7 nitrogen and oxygen atoms in total. The zero-order valence-electron chi connectivity index (χ0n) is 12.0. The van der Waals surface area contributed by atoms with E-state index in [1.807, 2.05) is 19.2 Å². The van der Waals surface area contributed by atoms with Crippen LogP contribution in [0, 0.1) is 6.92 Å². The number of aromatic amines is 1. The molecule has 1 N–H and O–H groups in total. The van der Waals surface area contributed by atoms with Gasteiger partial charge in [-0.25, -0.2) is 23.3 Å². The summed E-state index contributed by atoms with van der Waals surface area (Å²) < 4.78 is 25.9. The summed E-state index contributed by atoms with van der Waals surface area (Å²) in [5.74, 6) is -0.105. The first kappa shape index (κ1) is 15.9. The van der Waals surface area contributed by atoms with Crippen molar-refractivity contribution >= 4 is 21.2 Å². The minimum atomic E-state index is -3.60. The van der Waals surface area contributed by atoms with Crippen molar-refractivity contribution in [2.75, 3.05) is 5.75 Å². The molecule has 0 aliphatic rings. The van der Waals surface area contributed by atoms with E-state index in [2.05, 4.69) is 15.2 Å². The fourth-order valence-electron chi connectivity index (χ4n) is 1.91. The highest BCUT2D eigenvalue weighted by atomic mass is 32.2. The Kier molecular flexibility index (Phi) is 4.94. The van der Waals surface area contributed by atoms with Crippen LogP contribution in [-0.2, 0) is 22.8 Å². The van der Waals surface area contributed by atoms with Crippen LogP contribution in [0.5, 0.6) is 0 Å². The molecule has 0 saturated heterocycles. The van der Waals surface area contributed by atoms with Gasteiger partial charge in [-0.05, 0) is 13.3 Å². The fourth-order valence-corrected chi connectivity index (χ4v) is 3.91.